The van der Waals surface area contributed by atoms with E-state index in [0.717, 1.165) is 11.4 Å². The lowest BCUT2D eigenvalue weighted by molar-refractivity contribution is -0.0342. The van der Waals surface area contributed by atoms with Crippen LogP contribution in [0.4, 0.5) is 0 Å². The summed E-state index contributed by atoms with van der Waals surface area (Å²) in [5.41, 5.74) is 0. The second-order valence-electron chi connectivity index (χ2n) is 4.36. The molecule has 3 heterocycles. The highest BCUT2D eigenvalue weighted by Crippen LogP contribution is 2.23. The van der Waals surface area contributed by atoms with Crippen molar-refractivity contribution in [1.29, 1.82) is 0 Å². The first-order valence-corrected chi connectivity index (χ1v) is 7.03. The smallest absolute Gasteiger partial charge is 0.257 e. The Morgan fingerprint density at radius 1 is 1.47 bits per heavy atom. The van der Waals surface area contributed by atoms with Crippen LogP contribution >= 0.6 is 11.3 Å². The van der Waals surface area contributed by atoms with Crippen molar-refractivity contribution in [3.8, 4) is 10.8 Å². The molecule has 1 fully saturated rings. The molecule has 1 aliphatic heterocycles. The molecule has 0 radical (unpaired) electrons. The molecule has 1 atom stereocenters. The van der Waals surface area contributed by atoms with Gasteiger partial charge in [-0.3, -0.25) is 4.90 Å². The van der Waals surface area contributed by atoms with E-state index in [0.29, 0.717) is 31.5 Å². The number of aliphatic hydroxyl groups is 1. The van der Waals surface area contributed by atoms with Crippen LogP contribution in [0, 0.1) is 0 Å². The Morgan fingerprint density at radius 2 is 2.42 bits per heavy atom. The number of ether oxygens (including phenoxy) is 1. The Balaban J connectivity index is 1.69. The average molecular weight is 281 g/mol. The third-order valence-corrected chi connectivity index (χ3v) is 3.96. The summed E-state index contributed by atoms with van der Waals surface area (Å²) in [5, 5.41) is 19.4. The van der Waals surface area contributed by atoms with Gasteiger partial charge in [0.2, 0.25) is 5.89 Å². The highest BCUT2D eigenvalue weighted by atomic mass is 32.1. The summed E-state index contributed by atoms with van der Waals surface area (Å²) >= 11 is 1.57. The van der Waals surface area contributed by atoms with Gasteiger partial charge in [-0.1, -0.05) is 6.07 Å². The summed E-state index contributed by atoms with van der Waals surface area (Å²) in [6, 6.07) is 3.91. The predicted octanol–water partition coefficient (Wildman–Crippen LogP) is 0.991. The molecule has 0 bridgehead atoms. The molecule has 1 unspecified atom stereocenters. The second kappa shape index (κ2) is 5.79. The van der Waals surface area contributed by atoms with Crippen LogP contribution in [0.25, 0.3) is 10.8 Å². The Bertz CT molecular complexity index is 514. The lowest BCUT2D eigenvalue weighted by Gasteiger charge is -2.33. The molecular weight excluding hydrogens is 266 g/mol. The number of nitrogens with zero attached hydrogens (tertiary/aromatic N) is 3. The average Bonchev–Trinajstić information content (AvgIpc) is 3.09. The van der Waals surface area contributed by atoms with Crippen LogP contribution in [0.1, 0.15) is 5.89 Å². The molecule has 7 heteroatoms. The van der Waals surface area contributed by atoms with Crippen molar-refractivity contribution in [2.45, 2.75) is 12.6 Å². The zero-order valence-corrected chi connectivity index (χ0v) is 11.2. The molecule has 2 aromatic rings. The fourth-order valence-corrected chi connectivity index (χ4v) is 2.70. The molecule has 0 aliphatic carbocycles. The zero-order valence-electron chi connectivity index (χ0n) is 10.4. The quantitative estimate of drug-likeness (QED) is 0.901. The summed E-state index contributed by atoms with van der Waals surface area (Å²) in [7, 11) is 0. The molecule has 0 aromatic carbocycles. The summed E-state index contributed by atoms with van der Waals surface area (Å²) in [5.74, 6) is 1.13. The summed E-state index contributed by atoms with van der Waals surface area (Å²) < 4.78 is 11.0. The number of hydrogen-bond donors (Lipinski definition) is 1. The zero-order chi connectivity index (χ0) is 13.1. The molecule has 1 N–H and O–H groups in total. The third-order valence-electron chi connectivity index (χ3n) is 3.10. The monoisotopic (exact) mass is 281 g/mol. The minimum Gasteiger partial charge on any atom is -0.419 e. The molecular formula is C12H15N3O3S. The number of morpholine rings is 1. The lowest BCUT2D eigenvalue weighted by atomic mass is 10.2. The normalized spacial score (nSPS) is 20.8. The Hall–Kier alpha value is -1.28. The van der Waals surface area contributed by atoms with Gasteiger partial charge in [-0.15, -0.1) is 21.5 Å². The maximum atomic E-state index is 9.31. The van der Waals surface area contributed by atoms with Gasteiger partial charge in [0.25, 0.3) is 5.89 Å². The minimum atomic E-state index is 0.00541. The van der Waals surface area contributed by atoms with Gasteiger partial charge in [0.05, 0.1) is 37.3 Å². The molecule has 6 nitrogen and oxygen atoms in total. The van der Waals surface area contributed by atoms with E-state index in [4.69, 9.17) is 9.15 Å². The van der Waals surface area contributed by atoms with E-state index < -0.39 is 0 Å². The standard InChI is InChI=1S/C12H15N3O3S/c16-7-9-8-17-4-3-15(9)6-11-13-14-12(18-11)10-2-1-5-19-10/h1-2,5,9,16H,3-4,6-8H2. The number of aliphatic hydroxyl groups excluding tert-OH is 1. The van der Waals surface area contributed by atoms with E-state index in [9.17, 15) is 5.11 Å². The summed E-state index contributed by atoms with van der Waals surface area (Å²) in [4.78, 5) is 3.08. The molecule has 3 rings (SSSR count). The van der Waals surface area contributed by atoms with Crippen molar-refractivity contribution in [3.63, 3.8) is 0 Å². The van der Waals surface area contributed by atoms with Crippen molar-refractivity contribution < 1.29 is 14.3 Å². The molecule has 0 saturated carbocycles. The van der Waals surface area contributed by atoms with Crippen LogP contribution in [0.15, 0.2) is 21.9 Å². The molecule has 0 spiro atoms. The van der Waals surface area contributed by atoms with Crippen LogP contribution in [0.5, 0.6) is 0 Å². The highest BCUT2D eigenvalue weighted by Gasteiger charge is 2.24. The predicted molar refractivity (Wildman–Crippen MR) is 69.7 cm³/mol. The third kappa shape index (κ3) is 2.84. The highest BCUT2D eigenvalue weighted by molar-refractivity contribution is 7.13. The number of rotatable bonds is 4. The van der Waals surface area contributed by atoms with Crippen molar-refractivity contribution in [1.82, 2.24) is 15.1 Å². The van der Waals surface area contributed by atoms with E-state index in [2.05, 4.69) is 15.1 Å². The summed E-state index contributed by atoms with van der Waals surface area (Å²) in [6.45, 7) is 2.60. The SMILES string of the molecule is OCC1COCCN1Cc1nnc(-c2cccs2)o1. The second-order valence-corrected chi connectivity index (χ2v) is 5.31. The van der Waals surface area contributed by atoms with E-state index >= 15 is 0 Å². The van der Waals surface area contributed by atoms with Crippen LogP contribution in [0.2, 0.25) is 0 Å². The molecule has 1 saturated heterocycles. The van der Waals surface area contributed by atoms with Crippen LogP contribution in [-0.4, -0.2) is 52.6 Å². The van der Waals surface area contributed by atoms with E-state index in [1.54, 1.807) is 11.3 Å². The van der Waals surface area contributed by atoms with Crippen LogP contribution in [0.3, 0.4) is 0 Å². The lowest BCUT2D eigenvalue weighted by Crippen LogP contribution is -2.46. The van der Waals surface area contributed by atoms with E-state index in [1.165, 1.54) is 0 Å². The minimum absolute atomic E-state index is 0.00541. The van der Waals surface area contributed by atoms with Gasteiger partial charge in [-0.25, -0.2) is 0 Å². The van der Waals surface area contributed by atoms with Crippen LogP contribution in [-0.2, 0) is 11.3 Å². The van der Waals surface area contributed by atoms with Gasteiger partial charge in [-0.2, -0.15) is 0 Å². The topological polar surface area (TPSA) is 71.6 Å². The molecule has 0 amide bonds. The number of aromatic nitrogens is 2. The van der Waals surface area contributed by atoms with Gasteiger partial charge < -0.3 is 14.3 Å². The van der Waals surface area contributed by atoms with Crippen molar-refractivity contribution in [2.24, 2.45) is 0 Å². The van der Waals surface area contributed by atoms with E-state index in [-0.39, 0.29) is 12.6 Å². The molecule has 2 aromatic heterocycles. The van der Waals surface area contributed by atoms with Crippen molar-refractivity contribution in [3.05, 3.63) is 23.4 Å². The molecule has 19 heavy (non-hydrogen) atoms. The number of thiophene rings is 1. The Labute approximate surface area is 114 Å². The maximum Gasteiger partial charge on any atom is 0.257 e. The van der Waals surface area contributed by atoms with Gasteiger partial charge in [0.15, 0.2) is 0 Å². The van der Waals surface area contributed by atoms with Gasteiger partial charge >= 0.3 is 0 Å². The Morgan fingerprint density at radius 3 is 3.21 bits per heavy atom. The van der Waals surface area contributed by atoms with Crippen molar-refractivity contribution >= 4 is 11.3 Å². The maximum absolute atomic E-state index is 9.31. The van der Waals surface area contributed by atoms with Crippen molar-refractivity contribution in [2.75, 3.05) is 26.4 Å². The van der Waals surface area contributed by atoms with E-state index in [1.807, 2.05) is 17.5 Å². The van der Waals surface area contributed by atoms with Gasteiger partial charge in [0.1, 0.15) is 0 Å². The Kier molecular flexibility index (Phi) is 3.88. The largest absolute Gasteiger partial charge is 0.419 e. The fraction of sp³-hybridized carbons (Fsp3) is 0.500. The summed E-state index contributed by atoms with van der Waals surface area (Å²) in [6.07, 6.45) is 0. The fourth-order valence-electron chi connectivity index (χ4n) is 2.06. The molecule has 1 aliphatic rings. The first kappa shape index (κ1) is 12.7. The van der Waals surface area contributed by atoms with Gasteiger partial charge in [0, 0.05) is 6.54 Å². The first-order valence-electron chi connectivity index (χ1n) is 6.15. The molecule has 102 valence electrons. The van der Waals surface area contributed by atoms with Gasteiger partial charge in [-0.05, 0) is 11.4 Å². The first-order chi connectivity index (χ1) is 9.36. The van der Waals surface area contributed by atoms with Crippen LogP contribution < -0.4 is 0 Å². The number of hydrogen-bond acceptors (Lipinski definition) is 7.